The molecular formula is C11H12BrF3N2O. The Kier molecular flexibility index (Phi) is 4.72. The molecule has 7 heteroatoms. The first-order valence-electron chi connectivity index (χ1n) is 5.20. The van der Waals surface area contributed by atoms with Gasteiger partial charge in [0.05, 0.1) is 5.56 Å². The fraction of sp³-hybridized carbons (Fsp3) is 0.455. The van der Waals surface area contributed by atoms with E-state index in [0.717, 1.165) is 4.90 Å². The van der Waals surface area contributed by atoms with Crippen LogP contribution in [0.2, 0.25) is 0 Å². The summed E-state index contributed by atoms with van der Waals surface area (Å²) in [6, 6.07) is 2.41. The second-order valence-corrected chi connectivity index (χ2v) is 4.82. The number of hydrogen-bond donors (Lipinski definition) is 0. The minimum atomic E-state index is -4.41. The molecule has 0 aliphatic heterocycles. The van der Waals surface area contributed by atoms with Crippen LogP contribution in [0, 0.1) is 0 Å². The highest BCUT2D eigenvalue weighted by Crippen LogP contribution is 2.20. The van der Waals surface area contributed by atoms with E-state index in [1.165, 1.54) is 32.2 Å². The molecule has 100 valence electrons. The van der Waals surface area contributed by atoms with E-state index >= 15 is 0 Å². The standard InChI is InChI=1S/C11H12BrF3N2O/c1-7(2)17(6-11(13,14)15)10(18)8-3-4-9(12)16-5-8/h3-5,7H,6H2,1-2H3. The molecule has 1 amide bonds. The van der Waals surface area contributed by atoms with E-state index in [1.807, 2.05) is 0 Å². The van der Waals surface area contributed by atoms with Gasteiger partial charge in [-0.15, -0.1) is 0 Å². The third kappa shape index (κ3) is 4.29. The molecule has 0 radical (unpaired) electrons. The molecule has 0 atom stereocenters. The molecule has 0 unspecified atom stereocenters. The highest BCUT2D eigenvalue weighted by atomic mass is 79.9. The predicted molar refractivity (Wildman–Crippen MR) is 64.2 cm³/mol. The molecule has 3 nitrogen and oxygen atoms in total. The first kappa shape index (κ1) is 14.9. The van der Waals surface area contributed by atoms with Gasteiger partial charge in [-0.25, -0.2) is 4.98 Å². The van der Waals surface area contributed by atoms with Crippen LogP contribution in [-0.4, -0.2) is 34.6 Å². The number of carbonyl (C=O) groups is 1. The van der Waals surface area contributed by atoms with Gasteiger partial charge in [0.15, 0.2) is 0 Å². The second-order valence-electron chi connectivity index (χ2n) is 4.01. The largest absolute Gasteiger partial charge is 0.406 e. The van der Waals surface area contributed by atoms with Crippen molar-refractivity contribution in [2.75, 3.05) is 6.54 Å². The summed E-state index contributed by atoms with van der Waals surface area (Å²) < 4.78 is 37.7. The molecule has 0 N–H and O–H groups in total. The molecule has 1 aromatic rings. The van der Waals surface area contributed by atoms with E-state index < -0.39 is 24.7 Å². The Labute approximate surface area is 111 Å². The van der Waals surface area contributed by atoms with Crippen LogP contribution >= 0.6 is 15.9 Å². The summed E-state index contributed by atoms with van der Waals surface area (Å²) in [4.78, 5) is 16.5. The van der Waals surface area contributed by atoms with Gasteiger partial charge in [-0.05, 0) is 41.9 Å². The lowest BCUT2D eigenvalue weighted by Gasteiger charge is -2.27. The van der Waals surface area contributed by atoms with Crippen LogP contribution in [0.15, 0.2) is 22.9 Å². The van der Waals surface area contributed by atoms with Crippen molar-refractivity contribution in [3.63, 3.8) is 0 Å². The molecular weight excluding hydrogens is 313 g/mol. The maximum Gasteiger partial charge on any atom is 0.406 e. The fourth-order valence-electron chi connectivity index (χ4n) is 1.35. The highest BCUT2D eigenvalue weighted by Gasteiger charge is 2.34. The Morgan fingerprint density at radius 1 is 1.44 bits per heavy atom. The van der Waals surface area contributed by atoms with Crippen molar-refractivity contribution in [1.29, 1.82) is 0 Å². The molecule has 1 rings (SSSR count). The van der Waals surface area contributed by atoms with Gasteiger partial charge in [0.1, 0.15) is 11.1 Å². The van der Waals surface area contributed by atoms with E-state index in [2.05, 4.69) is 20.9 Å². The number of halogens is 4. The van der Waals surface area contributed by atoms with Crippen LogP contribution < -0.4 is 0 Å². The highest BCUT2D eigenvalue weighted by molar-refractivity contribution is 9.10. The summed E-state index contributed by atoms with van der Waals surface area (Å²) in [5, 5.41) is 0. The molecule has 0 aliphatic carbocycles. The number of pyridine rings is 1. The van der Waals surface area contributed by atoms with Crippen LogP contribution in [0.3, 0.4) is 0 Å². The molecule has 1 aromatic heterocycles. The van der Waals surface area contributed by atoms with Crippen molar-refractivity contribution in [2.45, 2.75) is 26.1 Å². The van der Waals surface area contributed by atoms with Crippen molar-refractivity contribution in [1.82, 2.24) is 9.88 Å². The zero-order chi connectivity index (χ0) is 13.9. The van der Waals surface area contributed by atoms with Crippen molar-refractivity contribution >= 4 is 21.8 Å². The number of nitrogens with zero attached hydrogens (tertiary/aromatic N) is 2. The number of alkyl halides is 3. The zero-order valence-corrected chi connectivity index (χ0v) is 11.4. The topological polar surface area (TPSA) is 33.2 Å². The first-order valence-corrected chi connectivity index (χ1v) is 5.99. The van der Waals surface area contributed by atoms with Crippen molar-refractivity contribution in [2.24, 2.45) is 0 Å². The molecule has 0 spiro atoms. The molecule has 0 aromatic carbocycles. The molecule has 1 heterocycles. The smallest absolute Gasteiger partial charge is 0.327 e. The summed E-state index contributed by atoms with van der Waals surface area (Å²) in [5.74, 6) is -0.678. The molecule has 0 bridgehead atoms. The fourth-order valence-corrected chi connectivity index (χ4v) is 1.58. The van der Waals surface area contributed by atoms with Crippen molar-refractivity contribution < 1.29 is 18.0 Å². The Morgan fingerprint density at radius 3 is 2.44 bits per heavy atom. The normalized spacial score (nSPS) is 11.7. The number of rotatable bonds is 3. The van der Waals surface area contributed by atoms with Gasteiger partial charge >= 0.3 is 6.18 Å². The van der Waals surface area contributed by atoms with E-state index in [-0.39, 0.29) is 5.56 Å². The Bertz CT molecular complexity index is 417. The lowest BCUT2D eigenvalue weighted by Crippen LogP contribution is -2.43. The number of hydrogen-bond acceptors (Lipinski definition) is 2. The van der Waals surface area contributed by atoms with Gasteiger partial charge in [-0.1, -0.05) is 0 Å². The monoisotopic (exact) mass is 324 g/mol. The third-order valence-electron chi connectivity index (χ3n) is 2.21. The summed E-state index contributed by atoms with van der Waals surface area (Å²) in [5.41, 5.74) is 0.135. The number of aromatic nitrogens is 1. The quantitative estimate of drug-likeness (QED) is 0.799. The molecule has 0 fully saturated rings. The summed E-state index contributed by atoms with van der Waals surface area (Å²) in [6.45, 7) is 1.81. The zero-order valence-electron chi connectivity index (χ0n) is 9.83. The Hall–Kier alpha value is -1.11. The maximum atomic E-state index is 12.4. The third-order valence-corrected chi connectivity index (χ3v) is 2.68. The minimum absolute atomic E-state index is 0.135. The number of carbonyl (C=O) groups excluding carboxylic acids is 1. The van der Waals surface area contributed by atoms with Crippen LogP contribution in [0.1, 0.15) is 24.2 Å². The predicted octanol–water partition coefficient (Wildman–Crippen LogP) is 3.26. The molecule has 18 heavy (non-hydrogen) atoms. The Morgan fingerprint density at radius 2 is 2.06 bits per heavy atom. The van der Waals surface area contributed by atoms with Crippen LogP contribution in [0.4, 0.5) is 13.2 Å². The minimum Gasteiger partial charge on any atom is -0.327 e. The SMILES string of the molecule is CC(C)N(CC(F)(F)F)C(=O)c1ccc(Br)nc1. The van der Waals surface area contributed by atoms with Gasteiger partial charge < -0.3 is 4.90 Å². The van der Waals surface area contributed by atoms with Crippen LogP contribution in [-0.2, 0) is 0 Å². The number of amides is 1. The lowest BCUT2D eigenvalue weighted by molar-refractivity contribution is -0.143. The average Bonchev–Trinajstić information content (AvgIpc) is 2.24. The molecule has 0 aliphatic rings. The van der Waals surface area contributed by atoms with Crippen LogP contribution in [0.5, 0.6) is 0 Å². The molecule has 0 saturated carbocycles. The van der Waals surface area contributed by atoms with Gasteiger partial charge in [0.25, 0.3) is 5.91 Å². The van der Waals surface area contributed by atoms with Gasteiger partial charge in [0.2, 0.25) is 0 Å². The van der Waals surface area contributed by atoms with Gasteiger partial charge in [0, 0.05) is 12.2 Å². The van der Waals surface area contributed by atoms with E-state index in [0.29, 0.717) is 4.60 Å². The average molecular weight is 325 g/mol. The van der Waals surface area contributed by atoms with Crippen molar-refractivity contribution in [3.05, 3.63) is 28.5 Å². The lowest BCUT2D eigenvalue weighted by atomic mass is 10.2. The van der Waals surface area contributed by atoms with Crippen LogP contribution in [0.25, 0.3) is 0 Å². The molecule has 0 saturated heterocycles. The first-order chi connectivity index (χ1) is 8.20. The van der Waals surface area contributed by atoms with E-state index in [9.17, 15) is 18.0 Å². The maximum absolute atomic E-state index is 12.4. The van der Waals surface area contributed by atoms with Crippen molar-refractivity contribution in [3.8, 4) is 0 Å². The second kappa shape index (κ2) is 5.69. The summed E-state index contributed by atoms with van der Waals surface area (Å²) in [6.07, 6.45) is -3.17. The van der Waals surface area contributed by atoms with Gasteiger partial charge in [-0.2, -0.15) is 13.2 Å². The van der Waals surface area contributed by atoms with Gasteiger partial charge in [-0.3, -0.25) is 4.79 Å². The van der Waals surface area contributed by atoms with E-state index in [4.69, 9.17) is 0 Å². The van der Waals surface area contributed by atoms with E-state index in [1.54, 1.807) is 0 Å². The Balaban J connectivity index is 2.93. The summed E-state index contributed by atoms with van der Waals surface area (Å²) in [7, 11) is 0. The summed E-state index contributed by atoms with van der Waals surface area (Å²) >= 11 is 3.09.